The van der Waals surface area contributed by atoms with Crippen LogP contribution < -0.4 is 10.1 Å². The van der Waals surface area contributed by atoms with E-state index in [-0.39, 0.29) is 11.8 Å². The standard InChI is InChI=1S/C24H22N6O2/c1-32-19-6-2-5-18(12-19)21-9-11-26-24(29-21)30-22(17-7-8-17)20(15-28-30)23(31)27-14-16-4-3-10-25-13-16/h2-6,9-13,15,17H,7-8,14H2,1H3,(H,27,31). The van der Waals surface area contributed by atoms with Crippen LogP contribution in [0, 0.1) is 0 Å². The fourth-order valence-electron chi connectivity index (χ4n) is 3.62. The summed E-state index contributed by atoms with van der Waals surface area (Å²) in [5, 5.41) is 7.45. The van der Waals surface area contributed by atoms with Gasteiger partial charge in [-0.05, 0) is 42.7 Å². The third kappa shape index (κ3) is 4.07. The van der Waals surface area contributed by atoms with Crippen LogP contribution in [0.5, 0.6) is 5.75 Å². The van der Waals surface area contributed by atoms with Crippen molar-refractivity contribution in [3.63, 3.8) is 0 Å². The summed E-state index contributed by atoms with van der Waals surface area (Å²) in [7, 11) is 1.64. The first-order valence-electron chi connectivity index (χ1n) is 10.5. The molecule has 8 nitrogen and oxygen atoms in total. The Morgan fingerprint density at radius 3 is 2.84 bits per heavy atom. The lowest BCUT2D eigenvalue weighted by molar-refractivity contribution is 0.0950. The van der Waals surface area contributed by atoms with E-state index in [0.29, 0.717) is 18.1 Å². The summed E-state index contributed by atoms with van der Waals surface area (Å²) in [6.45, 7) is 0.407. The minimum atomic E-state index is -0.161. The average molecular weight is 426 g/mol. The number of ether oxygens (including phenoxy) is 1. The molecule has 3 aromatic heterocycles. The Hall–Kier alpha value is -4.07. The molecule has 160 valence electrons. The van der Waals surface area contributed by atoms with E-state index in [4.69, 9.17) is 9.72 Å². The highest BCUT2D eigenvalue weighted by Crippen LogP contribution is 2.42. The molecule has 0 radical (unpaired) electrons. The summed E-state index contributed by atoms with van der Waals surface area (Å²) in [5.74, 6) is 1.32. The van der Waals surface area contributed by atoms with Gasteiger partial charge >= 0.3 is 0 Å². The Morgan fingerprint density at radius 2 is 2.06 bits per heavy atom. The van der Waals surface area contributed by atoms with E-state index in [0.717, 1.165) is 41.1 Å². The Morgan fingerprint density at radius 1 is 1.16 bits per heavy atom. The molecule has 4 aromatic rings. The number of carbonyl (C=O) groups excluding carboxylic acids is 1. The second-order valence-electron chi connectivity index (χ2n) is 7.65. The molecule has 0 aliphatic heterocycles. The maximum absolute atomic E-state index is 12.9. The summed E-state index contributed by atoms with van der Waals surface area (Å²) in [4.78, 5) is 26.2. The van der Waals surface area contributed by atoms with Crippen molar-refractivity contribution in [2.45, 2.75) is 25.3 Å². The fourth-order valence-corrected chi connectivity index (χ4v) is 3.62. The summed E-state index contributed by atoms with van der Waals surface area (Å²) >= 11 is 0. The number of methoxy groups -OCH3 is 1. The molecule has 1 aliphatic carbocycles. The van der Waals surface area contributed by atoms with E-state index >= 15 is 0 Å². The Labute approximate surface area is 185 Å². The minimum absolute atomic E-state index is 0.161. The number of hydrogen-bond donors (Lipinski definition) is 1. The Bertz CT molecular complexity index is 1250. The quantitative estimate of drug-likeness (QED) is 0.486. The number of carbonyl (C=O) groups is 1. The summed E-state index contributed by atoms with van der Waals surface area (Å²) in [6.07, 6.45) is 8.80. The molecule has 0 saturated heterocycles. The van der Waals surface area contributed by atoms with Crippen LogP contribution >= 0.6 is 0 Å². The fraction of sp³-hybridized carbons (Fsp3) is 0.208. The van der Waals surface area contributed by atoms with Crippen molar-refractivity contribution in [3.8, 4) is 23.0 Å². The molecule has 1 saturated carbocycles. The normalized spacial score (nSPS) is 13.0. The number of hydrogen-bond acceptors (Lipinski definition) is 6. The SMILES string of the molecule is COc1cccc(-c2ccnc(-n3ncc(C(=O)NCc4cccnc4)c3C3CC3)n2)c1. The van der Waals surface area contributed by atoms with Crippen molar-refractivity contribution >= 4 is 5.91 Å². The van der Waals surface area contributed by atoms with Gasteiger partial charge in [-0.2, -0.15) is 5.10 Å². The molecule has 32 heavy (non-hydrogen) atoms. The monoisotopic (exact) mass is 426 g/mol. The molecular formula is C24H22N6O2. The maximum Gasteiger partial charge on any atom is 0.255 e. The van der Waals surface area contributed by atoms with Gasteiger partial charge in [0.05, 0.1) is 30.3 Å². The first-order chi connectivity index (χ1) is 15.7. The predicted octanol–water partition coefficient (Wildman–Crippen LogP) is 3.54. The van der Waals surface area contributed by atoms with E-state index in [2.05, 4.69) is 20.4 Å². The van der Waals surface area contributed by atoms with Crippen LogP contribution in [-0.4, -0.2) is 37.7 Å². The van der Waals surface area contributed by atoms with Crippen molar-refractivity contribution in [1.29, 1.82) is 0 Å². The maximum atomic E-state index is 12.9. The van der Waals surface area contributed by atoms with Crippen LogP contribution in [0.2, 0.25) is 0 Å². The molecule has 0 spiro atoms. The number of aromatic nitrogens is 5. The summed E-state index contributed by atoms with van der Waals surface area (Å²) < 4.78 is 7.02. The van der Waals surface area contributed by atoms with E-state index in [1.807, 2.05) is 42.5 Å². The molecule has 0 bridgehead atoms. The molecule has 8 heteroatoms. The van der Waals surface area contributed by atoms with Gasteiger partial charge in [-0.15, -0.1) is 0 Å². The molecule has 1 N–H and O–H groups in total. The van der Waals surface area contributed by atoms with Gasteiger partial charge in [-0.3, -0.25) is 9.78 Å². The van der Waals surface area contributed by atoms with Crippen LogP contribution in [0.3, 0.4) is 0 Å². The number of benzene rings is 1. The first-order valence-corrected chi connectivity index (χ1v) is 10.5. The molecular weight excluding hydrogens is 404 g/mol. The summed E-state index contributed by atoms with van der Waals surface area (Å²) in [6, 6.07) is 13.3. The lowest BCUT2D eigenvalue weighted by atomic mass is 10.1. The molecule has 0 atom stereocenters. The van der Waals surface area contributed by atoms with Gasteiger partial charge in [0.2, 0.25) is 0 Å². The van der Waals surface area contributed by atoms with Crippen molar-refractivity contribution < 1.29 is 9.53 Å². The highest BCUT2D eigenvalue weighted by molar-refractivity contribution is 5.95. The molecule has 0 unspecified atom stereocenters. The molecule has 1 aliphatic rings. The van der Waals surface area contributed by atoms with Crippen LogP contribution in [0.4, 0.5) is 0 Å². The van der Waals surface area contributed by atoms with Gasteiger partial charge in [0, 0.05) is 36.6 Å². The zero-order valence-corrected chi connectivity index (χ0v) is 17.6. The van der Waals surface area contributed by atoms with Crippen molar-refractivity contribution in [2.75, 3.05) is 7.11 Å². The number of rotatable bonds is 7. The van der Waals surface area contributed by atoms with Gasteiger partial charge in [0.15, 0.2) is 0 Å². The molecule has 5 rings (SSSR count). The highest BCUT2D eigenvalue weighted by atomic mass is 16.5. The van der Waals surface area contributed by atoms with Crippen LogP contribution in [0.15, 0.2) is 67.3 Å². The van der Waals surface area contributed by atoms with Crippen LogP contribution in [0.1, 0.15) is 40.4 Å². The van der Waals surface area contributed by atoms with Gasteiger partial charge in [0.25, 0.3) is 11.9 Å². The second-order valence-corrected chi connectivity index (χ2v) is 7.65. The third-order valence-corrected chi connectivity index (χ3v) is 5.39. The number of pyridine rings is 1. The van der Waals surface area contributed by atoms with Crippen molar-refractivity contribution in [3.05, 3.63) is 84.1 Å². The average Bonchev–Trinajstić information content (AvgIpc) is 3.60. The molecule has 3 heterocycles. The van der Waals surface area contributed by atoms with Crippen LogP contribution in [0.25, 0.3) is 17.2 Å². The number of nitrogens with zero attached hydrogens (tertiary/aromatic N) is 5. The van der Waals surface area contributed by atoms with E-state index in [9.17, 15) is 4.79 Å². The van der Waals surface area contributed by atoms with Gasteiger partial charge in [-0.1, -0.05) is 18.2 Å². The number of amides is 1. The third-order valence-electron chi connectivity index (χ3n) is 5.39. The smallest absolute Gasteiger partial charge is 0.255 e. The number of nitrogens with one attached hydrogen (secondary N) is 1. The minimum Gasteiger partial charge on any atom is -0.497 e. The van der Waals surface area contributed by atoms with Gasteiger partial charge in [-0.25, -0.2) is 14.6 Å². The van der Waals surface area contributed by atoms with Gasteiger partial charge in [0.1, 0.15) is 5.75 Å². The van der Waals surface area contributed by atoms with E-state index < -0.39 is 0 Å². The molecule has 1 fully saturated rings. The Kier molecular flexibility index (Phi) is 5.33. The van der Waals surface area contributed by atoms with E-state index in [1.54, 1.807) is 36.6 Å². The van der Waals surface area contributed by atoms with Crippen molar-refractivity contribution in [1.82, 2.24) is 30.0 Å². The zero-order valence-electron chi connectivity index (χ0n) is 17.6. The second kappa shape index (κ2) is 8.58. The highest BCUT2D eigenvalue weighted by Gasteiger charge is 2.33. The first kappa shape index (κ1) is 19.9. The molecule has 1 amide bonds. The van der Waals surface area contributed by atoms with Crippen molar-refractivity contribution in [2.24, 2.45) is 0 Å². The topological polar surface area (TPSA) is 94.8 Å². The van der Waals surface area contributed by atoms with Crippen LogP contribution in [-0.2, 0) is 6.54 Å². The zero-order chi connectivity index (χ0) is 21.9. The summed E-state index contributed by atoms with van der Waals surface area (Å²) in [5.41, 5.74) is 4.04. The lowest BCUT2D eigenvalue weighted by Crippen LogP contribution is -2.24. The van der Waals surface area contributed by atoms with Gasteiger partial charge < -0.3 is 10.1 Å². The van der Waals surface area contributed by atoms with E-state index in [1.165, 1.54) is 0 Å². The largest absolute Gasteiger partial charge is 0.497 e. The Balaban J connectivity index is 1.44. The lowest BCUT2D eigenvalue weighted by Gasteiger charge is -2.10. The predicted molar refractivity (Wildman–Crippen MR) is 119 cm³/mol. The molecule has 1 aromatic carbocycles.